The van der Waals surface area contributed by atoms with Crippen LogP contribution in [0, 0.1) is 0 Å². The van der Waals surface area contributed by atoms with Gasteiger partial charge in [0, 0.05) is 4.47 Å². The number of likely N-dealkylation sites (tertiary alicyclic amines) is 1. The van der Waals surface area contributed by atoms with E-state index in [1.807, 2.05) is 12.1 Å². The van der Waals surface area contributed by atoms with E-state index in [1.165, 1.54) is 4.90 Å². The lowest BCUT2D eigenvalue weighted by Crippen LogP contribution is -2.60. The monoisotopic (exact) mass is 271 g/mol. The molecular weight excluding hydrogens is 262 g/mol. The minimum absolute atomic E-state index is 0.143. The van der Waals surface area contributed by atoms with Gasteiger partial charge in [0.05, 0.1) is 13.1 Å². The van der Waals surface area contributed by atoms with Crippen molar-refractivity contribution in [2.75, 3.05) is 13.1 Å². The second-order valence-corrected chi connectivity index (χ2v) is 4.59. The summed E-state index contributed by atoms with van der Waals surface area (Å²) < 4.78 is 0.935. The van der Waals surface area contributed by atoms with E-state index < -0.39 is 11.7 Å². The maximum Gasteiger partial charge on any atom is 0.407 e. The first-order chi connectivity index (χ1) is 7.01. The Morgan fingerprint density at radius 3 is 2.33 bits per heavy atom. The van der Waals surface area contributed by atoms with E-state index in [4.69, 9.17) is 5.11 Å². The summed E-state index contributed by atoms with van der Waals surface area (Å²) in [7, 11) is 0. The fraction of sp³-hybridized carbons (Fsp3) is 0.300. The third-order valence-electron chi connectivity index (χ3n) is 2.56. The van der Waals surface area contributed by atoms with Gasteiger partial charge in [0.1, 0.15) is 5.60 Å². The standard InChI is InChI=1S/C10H10BrNO3/c11-8-3-1-7(2-4-8)10(15)5-12(6-10)9(13)14/h1-4,15H,5-6H2,(H,13,14). The van der Waals surface area contributed by atoms with Gasteiger partial charge in [0.15, 0.2) is 0 Å². The lowest BCUT2D eigenvalue weighted by atomic mass is 9.86. The second-order valence-electron chi connectivity index (χ2n) is 3.68. The van der Waals surface area contributed by atoms with E-state index in [2.05, 4.69) is 15.9 Å². The van der Waals surface area contributed by atoms with E-state index in [9.17, 15) is 9.90 Å². The van der Waals surface area contributed by atoms with Crippen LogP contribution >= 0.6 is 15.9 Å². The summed E-state index contributed by atoms with van der Waals surface area (Å²) in [6.45, 7) is 0.286. The Bertz CT molecular complexity index is 384. The fourth-order valence-electron chi connectivity index (χ4n) is 1.66. The lowest BCUT2D eigenvalue weighted by Gasteiger charge is -2.45. The zero-order valence-electron chi connectivity index (χ0n) is 7.85. The number of nitrogens with zero attached hydrogens (tertiary/aromatic N) is 1. The van der Waals surface area contributed by atoms with Gasteiger partial charge >= 0.3 is 6.09 Å². The molecule has 0 spiro atoms. The van der Waals surface area contributed by atoms with Gasteiger partial charge in [-0.2, -0.15) is 0 Å². The highest BCUT2D eigenvalue weighted by Gasteiger charge is 2.44. The zero-order chi connectivity index (χ0) is 11.1. The van der Waals surface area contributed by atoms with Crippen LogP contribution < -0.4 is 0 Å². The van der Waals surface area contributed by atoms with Crippen molar-refractivity contribution in [3.05, 3.63) is 34.3 Å². The molecule has 4 nitrogen and oxygen atoms in total. The quantitative estimate of drug-likeness (QED) is 0.816. The second kappa shape index (κ2) is 3.50. The Hall–Kier alpha value is -1.07. The molecule has 1 aliphatic heterocycles. The highest BCUT2D eigenvalue weighted by Crippen LogP contribution is 2.32. The smallest absolute Gasteiger partial charge is 0.407 e. The number of halogens is 1. The number of amides is 1. The van der Waals surface area contributed by atoms with Gasteiger partial charge in [-0.15, -0.1) is 0 Å². The van der Waals surface area contributed by atoms with Crippen LogP contribution in [0.1, 0.15) is 5.56 Å². The molecular formula is C10H10BrNO3. The predicted octanol–water partition coefficient (Wildman–Crippen LogP) is 1.63. The first kappa shape index (κ1) is 10.4. The molecule has 5 heteroatoms. The Kier molecular flexibility index (Phi) is 2.44. The molecule has 80 valence electrons. The molecule has 1 aliphatic rings. The first-order valence-corrected chi connectivity index (χ1v) is 5.27. The number of β-amino-alcohol motifs (C(OH)–C–C–N with tert-alkyl or cyclic N) is 1. The van der Waals surface area contributed by atoms with E-state index in [0.717, 1.165) is 10.0 Å². The Morgan fingerprint density at radius 1 is 1.33 bits per heavy atom. The number of rotatable bonds is 1. The normalized spacial score (nSPS) is 18.4. The van der Waals surface area contributed by atoms with Crippen LogP contribution in [0.4, 0.5) is 4.79 Å². The average Bonchev–Trinajstić information content (AvgIpc) is 2.13. The van der Waals surface area contributed by atoms with Crippen molar-refractivity contribution in [1.29, 1.82) is 0 Å². The molecule has 0 atom stereocenters. The maximum absolute atomic E-state index is 10.6. The molecule has 1 saturated heterocycles. The third-order valence-corrected chi connectivity index (χ3v) is 3.09. The molecule has 1 fully saturated rings. The van der Waals surface area contributed by atoms with Gasteiger partial charge in [0.25, 0.3) is 0 Å². The van der Waals surface area contributed by atoms with Crippen LogP contribution in [-0.2, 0) is 5.60 Å². The number of carbonyl (C=O) groups is 1. The Labute approximate surface area is 95.3 Å². The highest BCUT2D eigenvalue weighted by molar-refractivity contribution is 9.10. The summed E-state index contributed by atoms with van der Waals surface area (Å²) in [4.78, 5) is 11.7. The van der Waals surface area contributed by atoms with Crippen molar-refractivity contribution in [2.24, 2.45) is 0 Å². The molecule has 1 heterocycles. The molecule has 0 unspecified atom stereocenters. The third kappa shape index (κ3) is 1.85. The molecule has 15 heavy (non-hydrogen) atoms. The number of benzene rings is 1. The summed E-state index contributed by atoms with van der Waals surface area (Å²) in [5.41, 5.74) is -0.262. The highest BCUT2D eigenvalue weighted by atomic mass is 79.9. The minimum Gasteiger partial charge on any atom is -0.465 e. The van der Waals surface area contributed by atoms with Gasteiger partial charge in [0.2, 0.25) is 0 Å². The summed E-state index contributed by atoms with van der Waals surface area (Å²) in [5.74, 6) is 0. The molecule has 0 radical (unpaired) electrons. The maximum atomic E-state index is 10.6. The predicted molar refractivity (Wildman–Crippen MR) is 57.6 cm³/mol. The topological polar surface area (TPSA) is 60.8 Å². The Morgan fingerprint density at radius 2 is 1.87 bits per heavy atom. The van der Waals surface area contributed by atoms with Crippen molar-refractivity contribution in [3.63, 3.8) is 0 Å². The summed E-state index contributed by atoms with van der Waals surface area (Å²) >= 11 is 3.30. The van der Waals surface area contributed by atoms with E-state index in [0.29, 0.717) is 0 Å². The number of carboxylic acid groups (broad SMARTS) is 1. The van der Waals surface area contributed by atoms with E-state index in [1.54, 1.807) is 12.1 Å². The largest absolute Gasteiger partial charge is 0.465 e. The van der Waals surface area contributed by atoms with Gasteiger partial charge < -0.3 is 15.1 Å². The molecule has 0 saturated carbocycles. The van der Waals surface area contributed by atoms with Crippen molar-refractivity contribution < 1.29 is 15.0 Å². The van der Waals surface area contributed by atoms with Crippen LogP contribution in [-0.4, -0.2) is 34.3 Å². The molecule has 2 N–H and O–H groups in total. The van der Waals surface area contributed by atoms with Crippen LogP contribution in [0.5, 0.6) is 0 Å². The number of aliphatic hydroxyl groups is 1. The molecule has 1 aromatic rings. The average molecular weight is 272 g/mol. The van der Waals surface area contributed by atoms with E-state index in [-0.39, 0.29) is 13.1 Å². The SMILES string of the molecule is O=C(O)N1CC(O)(c2ccc(Br)cc2)C1. The molecule has 0 aliphatic carbocycles. The van der Waals surface area contributed by atoms with Crippen LogP contribution in [0.2, 0.25) is 0 Å². The summed E-state index contributed by atoms with van der Waals surface area (Å²) in [5, 5.41) is 18.7. The van der Waals surface area contributed by atoms with Gasteiger partial charge in [-0.3, -0.25) is 0 Å². The minimum atomic E-state index is -1.01. The van der Waals surface area contributed by atoms with Crippen molar-refractivity contribution in [2.45, 2.75) is 5.60 Å². The van der Waals surface area contributed by atoms with Gasteiger partial charge in [-0.05, 0) is 17.7 Å². The van der Waals surface area contributed by atoms with Crippen LogP contribution in [0.15, 0.2) is 28.7 Å². The molecule has 2 rings (SSSR count). The first-order valence-electron chi connectivity index (χ1n) is 4.47. The number of hydrogen-bond donors (Lipinski definition) is 2. The fourth-order valence-corrected chi connectivity index (χ4v) is 1.93. The number of hydrogen-bond acceptors (Lipinski definition) is 2. The van der Waals surface area contributed by atoms with Crippen LogP contribution in [0.25, 0.3) is 0 Å². The molecule has 0 bridgehead atoms. The van der Waals surface area contributed by atoms with Crippen LogP contribution in [0.3, 0.4) is 0 Å². The zero-order valence-corrected chi connectivity index (χ0v) is 9.44. The Balaban J connectivity index is 2.13. The molecule has 1 amide bonds. The molecule has 1 aromatic carbocycles. The van der Waals surface area contributed by atoms with E-state index >= 15 is 0 Å². The van der Waals surface area contributed by atoms with Crippen molar-refractivity contribution in [1.82, 2.24) is 4.90 Å². The lowest BCUT2D eigenvalue weighted by molar-refractivity contribution is -0.0898. The molecule has 0 aromatic heterocycles. The van der Waals surface area contributed by atoms with Crippen molar-refractivity contribution >= 4 is 22.0 Å². The van der Waals surface area contributed by atoms with Gasteiger partial charge in [-0.25, -0.2) is 4.79 Å². The summed E-state index contributed by atoms with van der Waals surface area (Å²) in [6, 6.07) is 7.25. The summed E-state index contributed by atoms with van der Waals surface area (Å²) in [6.07, 6.45) is -0.989. The van der Waals surface area contributed by atoms with Gasteiger partial charge in [-0.1, -0.05) is 28.1 Å². The van der Waals surface area contributed by atoms with Crippen molar-refractivity contribution in [3.8, 4) is 0 Å².